The summed E-state index contributed by atoms with van der Waals surface area (Å²) in [6.07, 6.45) is 9.22. The Kier molecular flexibility index (Phi) is 2.97. The second-order valence-corrected chi connectivity index (χ2v) is 5.39. The molecule has 2 N–H and O–H groups in total. The molecule has 0 bridgehead atoms. The molecule has 0 spiro atoms. The first-order chi connectivity index (χ1) is 8.35. The van der Waals surface area contributed by atoms with Gasteiger partial charge in [-0.3, -0.25) is 0 Å². The van der Waals surface area contributed by atoms with Crippen molar-refractivity contribution in [1.29, 1.82) is 0 Å². The van der Waals surface area contributed by atoms with Crippen molar-refractivity contribution in [2.45, 2.75) is 32.2 Å². The molecule has 2 aliphatic rings. The quantitative estimate of drug-likeness (QED) is 0.808. The molecule has 1 heterocycles. The Morgan fingerprint density at radius 3 is 2.00 bits per heavy atom. The zero-order valence-corrected chi connectivity index (χ0v) is 10.2. The lowest BCUT2D eigenvalue weighted by atomic mass is 10.3. The molecule has 17 heavy (non-hydrogen) atoms. The van der Waals surface area contributed by atoms with Crippen molar-refractivity contribution in [1.82, 2.24) is 9.97 Å². The number of rotatable bonds is 6. The summed E-state index contributed by atoms with van der Waals surface area (Å²) in [5.74, 6) is 2.65. The van der Waals surface area contributed by atoms with Crippen LogP contribution in [0, 0.1) is 11.8 Å². The summed E-state index contributed by atoms with van der Waals surface area (Å²) >= 11 is 0. The summed E-state index contributed by atoms with van der Waals surface area (Å²) in [7, 11) is 0. The summed E-state index contributed by atoms with van der Waals surface area (Å²) in [5.41, 5.74) is 6.57. The monoisotopic (exact) mass is 232 g/mol. The molecule has 4 heteroatoms. The van der Waals surface area contributed by atoms with Crippen LogP contribution in [0.5, 0.6) is 0 Å². The maximum atomic E-state index is 5.56. The van der Waals surface area contributed by atoms with Crippen LogP contribution in [0.3, 0.4) is 0 Å². The lowest BCUT2D eigenvalue weighted by Crippen LogP contribution is -2.29. The van der Waals surface area contributed by atoms with E-state index in [9.17, 15) is 0 Å². The number of nitrogens with zero attached hydrogens (tertiary/aromatic N) is 3. The third-order valence-electron chi connectivity index (χ3n) is 3.56. The highest BCUT2D eigenvalue weighted by atomic mass is 15.3. The van der Waals surface area contributed by atoms with Gasteiger partial charge in [-0.15, -0.1) is 0 Å². The summed E-state index contributed by atoms with van der Waals surface area (Å²) in [6, 6.07) is 0. The zero-order chi connectivity index (χ0) is 11.7. The minimum Gasteiger partial charge on any atom is -0.340 e. The minimum atomic E-state index is 0.519. The number of hydrogen-bond donors (Lipinski definition) is 1. The summed E-state index contributed by atoms with van der Waals surface area (Å²) in [5, 5.41) is 0. The van der Waals surface area contributed by atoms with E-state index in [4.69, 9.17) is 5.73 Å². The van der Waals surface area contributed by atoms with Crippen molar-refractivity contribution in [3.05, 3.63) is 18.0 Å². The highest BCUT2D eigenvalue weighted by molar-refractivity contribution is 5.31. The average molecular weight is 232 g/mol. The fourth-order valence-corrected chi connectivity index (χ4v) is 2.08. The van der Waals surface area contributed by atoms with E-state index < -0.39 is 0 Å². The van der Waals surface area contributed by atoms with Gasteiger partial charge in [-0.2, -0.15) is 0 Å². The van der Waals surface area contributed by atoms with Crippen molar-refractivity contribution in [2.24, 2.45) is 17.6 Å². The van der Waals surface area contributed by atoms with E-state index in [-0.39, 0.29) is 0 Å². The molecule has 1 aromatic heterocycles. The zero-order valence-electron chi connectivity index (χ0n) is 10.2. The topological polar surface area (TPSA) is 55.0 Å². The minimum absolute atomic E-state index is 0.519. The van der Waals surface area contributed by atoms with Gasteiger partial charge in [0.2, 0.25) is 5.95 Å². The highest BCUT2D eigenvalue weighted by Gasteiger charge is 2.30. The second kappa shape index (κ2) is 4.61. The first-order valence-corrected chi connectivity index (χ1v) is 6.61. The fraction of sp³-hybridized carbons (Fsp3) is 0.692. The second-order valence-electron chi connectivity index (χ2n) is 5.39. The van der Waals surface area contributed by atoms with E-state index in [0.717, 1.165) is 36.4 Å². The maximum Gasteiger partial charge on any atom is 0.225 e. The number of anilines is 1. The Hall–Kier alpha value is -1.16. The van der Waals surface area contributed by atoms with Crippen LogP contribution in [0.25, 0.3) is 0 Å². The molecule has 0 unspecified atom stereocenters. The van der Waals surface area contributed by atoms with E-state index in [1.807, 2.05) is 12.4 Å². The SMILES string of the molecule is NCc1cnc(N(CC2CC2)CC2CC2)nc1. The van der Waals surface area contributed by atoms with Gasteiger partial charge in [-0.05, 0) is 37.5 Å². The molecule has 1 aromatic rings. The molecule has 2 fully saturated rings. The predicted molar refractivity (Wildman–Crippen MR) is 67.6 cm³/mol. The molecule has 0 atom stereocenters. The van der Waals surface area contributed by atoms with Crippen LogP contribution < -0.4 is 10.6 Å². The van der Waals surface area contributed by atoms with Crippen LogP contribution in [0.15, 0.2) is 12.4 Å². The van der Waals surface area contributed by atoms with Crippen LogP contribution in [0.4, 0.5) is 5.95 Å². The summed E-state index contributed by atoms with van der Waals surface area (Å²) < 4.78 is 0. The summed E-state index contributed by atoms with van der Waals surface area (Å²) in [6.45, 7) is 2.79. The van der Waals surface area contributed by atoms with Gasteiger partial charge in [-0.25, -0.2) is 9.97 Å². The van der Waals surface area contributed by atoms with E-state index in [0.29, 0.717) is 6.54 Å². The third kappa shape index (κ3) is 2.94. The van der Waals surface area contributed by atoms with Gasteiger partial charge in [0, 0.05) is 37.6 Å². The number of nitrogens with two attached hydrogens (primary N) is 1. The van der Waals surface area contributed by atoms with Crippen molar-refractivity contribution < 1.29 is 0 Å². The molecule has 3 rings (SSSR count). The Morgan fingerprint density at radius 2 is 1.59 bits per heavy atom. The largest absolute Gasteiger partial charge is 0.340 e. The molecule has 92 valence electrons. The Morgan fingerprint density at radius 1 is 1.06 bits per heavy atom. The Bertz CT molecular complexity index is 354. The van der Waals surface area contributed by atoms with E-state index in [2.05, 4.69) is 14.9 Å². The van der Waals surface area contributed by atoms with Crippen molar-refractivity contribution in [2.75, 3.05) is 18.0 Å². The number of hydrogen-bond acceptors (Lipinski definition) is 4. The normalized spacial score (nSPS) is 19.4. The molecule has 0 aromatic carbocycles. The van der Waals surface area contributed by atoms with Crippen molar-refractivity contribution >= 4 is 5.95 Å². The fourth-order valence-electron chi connectivity index (χ4n) is 2.08. The molecule has 0 aliphatic heterocycles. The summed E-state index contributed by atoms with van der Waals surface area (Å²) in [4.78, 5) is 11.3. The van der Waals surface area contributed by atoms with Gasteiger partial charge in [-0.1, -0.05) is 0 Å². The molecule has 2 saturated carbocycles. The lowest BCUT2D eigenvalue weighted by molar-refractivity contribution is 0.661. The standard InChI is InChI=1S/C13H20N4/c14-5-12-6-15-13(16-7-12)17(8-10-1-2-10)9-11-3-4-11/h6-7,10-11H,1-5,8-9,14H2. The van der Waals surface area contributed by atoms with Crippen molar-refractivity contribution in [3.63, 3.8) is 0 Å². The Labute approximate surface area is 102 Å². The Balaban J connectivity index is 1.69. The van der Waals surface area contributed by atoms with Gasteiger partial charge in [0.15, 0.2) is 0 Å². The molecule has 0 amide bonds. The molecular formula is C13H20N4. The first-order valence-electron chi connectivity index (χ1n) is 6.61. The van der Waals surface area contributed by atoms with E-state index in [1.54, 1.807) is 0 Å². The van der Waals surface area contributed by atoms with Gasteiger partial charge in [0.1, 0.15) is 0 Å². The van der Waals surface area contributed by atoms with Gasteiger partial charge >= 0.3 is 0 Å². The smallest absolute Gasteiger partial charge is 0.225 e. The molecule has 4 nitrogen and oxygen atoms in total. The van der Waals surface area contributed by atoms with E-state index >= 15 is 0 Å². The van der Waals surface area contributed by atoms with Crippen LogP contribution in [-0.4, -0.2) is 23.1 Å². The van der Waals surface area contributed by atoms with Crippen LogP contribution in [0.1, 0.15) is 31.2 Å². The van der Waals surface area contributed by atoms with Gasteiger partial charge in [0.05, 0.1) is 0 Å². The first kappa shape index (κ1) is 11.0. The van der Waals surface area contributed by atoms with Crippen LogP contribution in [-0.2, 0) is 6.54 Å². The lowest BCUT2D eigenvalue weighted by Gasteiger charge is -2.22. The van der Waals surface area contributed by atoms with Gasteiger partial charge in [0.25, 0.3) is 0 Å². The molecular weight excluding hydrogens is 212 g/mol. The van der Waals surface area contributed by atoms with E-state index in [1.165, 1.54) is 25.7 Å². The highest BCUT2D eigenvalue weighted by Crippen LogP contribution is 2.34. The number of aromatic nitrogens is 2. The molecule has 0 saturated heterocycles. The van der Waals surface area contributed by atoms with Gasteiger partial charge < -0.3 is 10.6 Å². The maximum absolute atomic E-state index is 5.56. The molecule has 0 radical (unpaired) electrons. The molecule has 2 aliphatic carbocycles. The third-order valence-corrected chi connectivity index (χ3v) is 3.56. The van der Waals surface area contributed by atoms with Crippen LogP contribution in [0.2, 0.25) is 0 Å². The van der Waals surface area contributed by atoms with Crippen LogP contribution >= 0.6 is 0 Å². The predicted octanol–water partition coefficient (Wildman–Crippen LogP) is 1.56. The van der Waals surface area contributed by atoms with Crippen molar-refractivity contribution in [3.8, 4) is 0 Å². The average Bonchev–Trinajstić information content (AvgIpc) is 3.23.